The number of likely N-dealkylation sites (N-methyl/N-ethyl adjacent to an activating group) is 1. The minimum absolute atomic E-state index is 0.359. The molecule has 1 aliphatic rings. The summed E-state index contributed by atoms with van der Waals surface area (Å²) in [6.45, 7) is 7.39. The summed E-state index contributed by atoms with van der Waals surface area (Å²) in [7, 11) is 2.14. The van der Waals surface area contributed by atoms with Gasteiger partial charge in [0.05, 0.1) is 0 Å². The number of β-amino-alcohol motifs (C(OH)–C–C–N with tert-alkyl or cyclic N) is 1. The molecule has 1 aliphatic heterocycles. The fraction of sp³-hybridized carbons (Fsp3) is 0.625. The zero-order valence-corrected chi connectivity index (χ0v) is 12.6. The van der Waals surface area contributed by atoms with Crippen LogP contribution in [0.1, 0.15) is 12.5 Å². The van der Waals surface area contributed by atoms with Crippen molar-refractivity contribution in [2.24, 2.45) is 0 Å². The fourth-order valence-electron chi connectivity index (χ4n) is 2.39. The maximum atomic E-state index is 10.0. The van der Waals surface area contributed by atoms with E-state index in [-0.39, 0.29) is 0 Å². The highest BCUT2D eigenvalue weighted by Crippen LogP contribution is 2.13. The molecule has 0 unspecified atom stereocenters. The first-order valence-electron chi connectivity index (χ1n) is 7.48. The third kappa shape index (κ3) is 4.78. The first-order chi connectivity index (χ1) is 9.67. The lowest BCUT2D eigenvalue weighted by molar-refractivity contribution is 0.0505. The highest BCUT2D eigenvalue weighted by atomic mass is 16.5. The number of aliphatic hydroxyl groups is 1. The third-order valence-electron chi connectivity index (χ3n) is 3.84. The quantitative estimate of drug-likeness (QED) is 0.849. The van der Waals surface area contributed by atoms with Gasteiger partial charge in [0.25, 0.3) is 0 Å². The molecule has 1 heterocycles. The van der Waals surface area contributed by atoms with Crippen molar-refractivity contribution < 1.29 is 9.84 Å². The average molecular weight is 278 g/mol. The van der Waals surface area contributed by atoms with Crippen LogP contribution in [0, 0.1) is 0 Å². The second-order valence-corrected chi connectivity index (χ2v) is 5.57. The molecular formula is C16H26N2O2. The molecule has 0 aliphatic carbocycles. The molecule has 0 amide bonds. The number of hydrogen-bond donors (Lipinski definition) is 1. The minimum Gasteiger partial charge on any atom is -0.491 e. The lowest BCUT2D eigenvalue weighted by atomic mass is 10.2. The number of aliphatic hydroxyl groups excluding tert-OH is 1. The van der Waals surface area contributed by atoms with Crippen LogP contribution in [-0.4, -0.2) is 67.4 Å². The molecule has 1 aromatic carbocycles. The molecule has 1 saturated heterocycles. The van der Waals surface area contributed by atoms with Crippen LogP contribution in [0.15, 0.2) is 24.3 Å². The number of hydrogen-bond acceptors (Lipinski definition) is 4. The van der Waals surface area contributed by atoms with Gasteiger partial charge in [0.1, 0.15) is 18.5 Å². The van der Waals surface area contributed by atoms with Crippen LogP contribution in [0.4, 0.5) is 0 Å². The molecule has 0 radical (unpaired) electrons. The molecule has 4 nitrogen and oxygen atoms in total. The smallest absolute Gasteiger partial charge is 0.119 e. The summed E-state index contributed by atoms with van der Waals surface area (Å²) >= 11 is 0. The molecule has 1 N–H and O–H groups in total. The van der Waals surface area contributed by atoms with Crippen LogP contribution < -0.4 is 4.74 Å². The summed E-state index contributed by atoms with van der Waals surface area (Å²) in [5, 5.41) is 10.0. The Kier molecular flexibility index (Phi) is 5.83. The number of nitrogens with zero attached hydrogens (tertiary/aromatic N) is 2. The van der Waals surface area contributed by atoms with Crippen molar-refractivity contribution in [3.8, 4) is 5.75 Å². The Morgan fingerprint density at radius 2 is 1.80 bits per heavy atom. The third-order valence-corrected chi connectivity index (χ3v) is 3.84. The Labute approximate surface area is 122 Å². The van der Waals surface area contributed by atoms with Gasteiger partial charge in [-0.3, -0.25) is 4.90 Å². The Hall–Kier alpha value is -1.10. The van der Waals surface area contributed by atoms with E-state index in [0.717, 1.165) is 38.3 Å². The van der Waals surface area contributed by atoms with Crippen LogP contribution in [0.25, 0.3) is 0 Å². The van der Waals surface area contributed by atoms with Gasteiger partial charge in [-0.15, -0.1) is 0 Å². The monoisotopic (exact) mass is 278 g/mol. The van der Waals surface area contributed by atoms with Gasteiger partial charge in [-0.25, -0.2) is 0 Å². The SMILES string of the molecule is CCc1ccc(OC[C@H](O)CN2CCN(C)CC2)cc1. The van der Waals surface area contributed by atoms with Gasteiger partial charge < -0.3 is 14.7 Å². The second kappa shape index (κ2) is 7.62. The normalized spacial score (nSPS) is 18.9. The lowest BCUT2D eigenvalue weighted by Crippen LogP contribution is -2.47. The number of aryl methyl sites for hydroxylation is 1. The van der Waals surface area contributed by atoms with Crippen LogP contribution >= 0.6 is 0 Å². The van der Waals surface area contributed by atoms with Crippen molar-refractivity contribution in [2.45, 2.75) is 19.4 Å². The number of ether oxygens (including phenoxy) is 1. The Balaban J connectivity index is 1.70. The maximum Gasteiger partial charge on any atom is 0.119 e. The second-order valence-electron chi connectivity index (χ2n) is 5.57. The molecule has 20 heavy (non-hydrogen) atoms. The van der Waals surface area contributed by atoms with Crippen molar-refractivity contribution in [2.75, 3.05) is 46.4 Å². The van der Waals surface area contributed by atoms with Crippen LogP contribution in [0.5, 0.6) is 5.75 Å². The highest BCUT2D eigenvalue weighted by molar-refractivity contribution is 5.27. The number of benzene rings is 1. The van der Waals surface area contributed by atoms with Crippen molar-refractivity contribution >= 4 is 0 Å². The van der Waals surface area contributed by atoms with Crippen molar-refractivity contribution in [1.29, 1.82) is 0 Å². The summed E-state index contributed by atoms with van der Waals surface area (Å²) in [6.07, 6.45) is 0.607. The van der Waals surface area contributed by atoms with Gasteiger partial charge in [0.2, 0.25) is 0 Å². The molecule has 1 fully saturated rings. The molecule has 1 atom stereocenters. The molecule has 0 saturated carbocycles. The summed E-state index contributed by atoms with van der Waals surface area (Å²) in [4.78, 5) is 4.61. The zero-order valence-electron chi connectivity index (χ0n) is 12.6. The van der Waals surface area contributed by atoms with Crippen LogP contribution in [0.3, 0.4) is 0 Å². The van der Waals surface area contributed by atoms with Crippen LogP contribution in [-0.2, 0) is 6.42 Å². The lowest BCUT2D eigenvalue weighted by Gasteiger charge is -2.33. The van der Waals surface area contributed by atoms with E-state index < -0.39 is 6.10 Å². The molecule has 0 spiro atoms. The largest absolute Gasteiger partial charge is 0.491 e. The molecule has 2 rings (SSSR count). The van der Waals surface area contributed by atoms with Crippen molar-refractivity contribution in [1.82, 2.24) is 9.80 Å². The summed E-state index contributed by atoms with van der Waals surface area (Å²) in [5.41, 5.74) is 1.30. The van der Waals surface area contributed by atoms with Gasteiger partial charge in [0.15, 0.2) is 0 Å². The van der Waals surface area contributed by atoms with E-state index in [1.54, 1.807) is 0 Å². The van der Waals surface area contributed by atoms with Crippen molar-refractivity contribution in [3.63, 3.8) is 0 Å². The zero-order chi connectivity index (χ0) is 14.4. The standard InChI is InChI=1S/C16H26N2O2/c1-3-14-4-6-16(7-5-14)20-13-15(19)12-18-10-8-17(2)9-11-18/h4-7,15,19H,3,8-13H2,1-2H3/t15-/m1/s1. The molecule has 1 aromatic rings. The minimum atomic E-state index is -0.427. The fourth-order valence-corrected chi connectivity index (χ4v) is 2.39. The first kappa shape index (κ1) is 15.3. The number of piperazine rings is 1. The molecular weight excluding hydrogens is 252 g/mol. The first-order valence-corrected chi connectivity index (χ1v) is 7.48. The Morgan fingerprint density at radius 1 is 1.15 bits per heavy atom. The van der Waals surface area contributed by atoms with Gasteiger partial charge >= 0.3 is 0 Å². The maximum absolute atomic E-state index is 10.0. The highest BCUT2D eigenvalue weighted by Gasteiger charge is 2.17. The summed E-state index contributed by atoms with van der Waals surface area (Å²) < 4.78 is 5.64. The summed E-state index contributed by atoms with van der Waals surface area (Å²) in [6, 6.07) is 8.09. The van der Waals surface area contributed by atoms with Crippen molar-refractivity contribution in [3.05, 3.63) is 29.8 Å². The van der Waals surface area contributed by atoms with E-state index in [4.69, 9.17) is 4.74 Å². The van der Waals surface area contributed by atoms with E-state index >= 15 is 0 Å². The predicted molar refractivity (Wildman–Crippen MR) is 81.3 cm³/mol. The molecule has 0 aromatic heterocycles. The molecule has 0 bridgehead atoms. The molecule has 112 valence electrons. The van der Waals surface area contributed by atoms with E-state index in [9.17, 15) is 5.11 Å². The van der Waals surface area contributed by atoms with E-state index in [0.29, 0.717) is 13.2 Å². The molecule has 4 heteroatoms. The Bertz CT molecular complexity index is 386. The summed E-state index contributed by atoms with van der Waals surface area (Å²) in [5.74, 6) is 0.833. The van der Waals surface area contributed by atoms with Crippen LogP contribution in [0.2, 0.25) is 0 Å². The van der Waals surface area contributed by atoms with Gasteiger partial charge in [0, 0.05) is 32.7 Å². The van der Waals surface area contributed by atoms with Gasteiger partial charge in [-0.05, 0) is 31.2 Å². The van der Waals surface area contributed by atoms with E-state index in [1.807, 2.05) is 12.1 Å². The topological polar surface area (TPSA) is 35.9 Å². The number of rotatable bonds is 6. The van der Waals surface area contributed by atoms with E-state index in [2.05, 4.69) is 35.9 Å². The Morgan fingerprint density at radius 3 is 2.40 bits per heavy atom. The average Bonchev–Trinajstić information content (AvgIpc) is 2.48. The van der Waals surface area contributed by atoms with Gasteiger partial charge in [-0.1, -0.05) is 19.1 Å². The van der Waals surface area contributed by atoms with E-state index in [1.165, 1.54) is 5.56 Å². The predicted octanol–water partition coefficient (Wildman–Crippen LogP) is 1.24. The van der Waals surface area contributed by atoms with Gasteiger partial charge in [-0.2, -0.15) is 0 Å².